The number of hydrogen-bond donors (Lipinski definition) is 0. The Kier molecular flexibility index (Phi) is 10.8. The number of benzene rings is 4. The molecule has 2 aliphatic rings. The molecule has 6 aromatic rings. The highest BCUT2D eigenvalue weighted by atomic mass is 35.5. The molecule has 0 N–H and O–H groups in total. The lowest BCUT2D eigenvalue weighted by Gasteiger charge is -2.33. The molecule has 2 aliphatic heterocycles. The Hall–Kier alpha value is -4.37. The minimum absolute atomic E-state index is 0.448. The molecule has 0 radical (unpaired) electrons. The van der Waals surface area contributed by atoms with Gasteiger partial charge in [-0.15, -0.1) is 0 Å². The predicted octanol–water partition coefficient (Wildman–Crippen LogP) is 8.87. The quantitative estimate of drug-likeness (QED) is 0.119. The summed E-state index contributed by atoms with van der Waals surface area (Å²) in [4.78, 5) is 15.6. The third kappa shape index (κ3) is 7.99. The van der Waals surface area contributed by atoms with Gasteiger partial charge in [-0.05, 0) is 124 Å². The van der Waals surface area contributed by atoms with E-state index in [1.165, 1.54) is 36.8 Å². The zero-order valence-electron chi connectivity index (χ0n) is 30.2. The molecule has 0 bridgehead atoms. The molecule has 0 saturated carbocycles. The van der Waals surface area contributed by atoms with E-state index in [1.54, 1.807) is 0 Å². The fourth-order valence-electron chi connectivity index (χ4n) is 8.06. The SMILES string of the molecule is Cc1ccccc1OCCn1c(CN2CCCCC2)nc2cc(C3CCCN(Cc4nc5ccccc5n4CCOc4ccc(Cl)cc4)C3)ccc21. The van der Waals surface area contributed by atoms with E-state index in [2.05, 4.69) is 86.5 Å². The molecule has 1 unspecified atom stereocenters. The van der Waals surface area contributed by atoms with Gasteiger partial charge in [0, 0.05) is 11.6 Å². The molecule has 4 heterocycles. The zero-order valence-corrected chi connectivity index (χ0v) is 31.0. The minimum Gasteiger partial charge on any atom is -0.492 e. The zero-order chi connectivity index (χ0) is 35.3. The number of ether oxygens (including phenoxy) is 2. The fourth-order valence-corrected chi connectivity index (χ4v) is 8.18. The summed E-state index contributed by atoms with van der Waals surface area (Å²) in [6.45, 7) is 10.8. The highest BCUT2D eigenvalue weighted by Crippen LogP contribution is 2.31. The summed E-state index contributed by atoms with van der Waals surface area (Å²) in [6.07, 6.45) is 6.21. The van der Waals surface area contributed by atoms with Gasteiger partial charge < -0.3 is 18.6 Å². The van der Waals surface area contributed by atoms with Crippen molar-refractivity contribution in [3.05, 3.63) is 119 Å². The summed E-state index contributed by atoms with van der Waals surface area (Å²) < 4.78 is 17.1. The Bertz CT molecular complexity index is 2100. The highest BCUT2D eigenvalue weighted by Gasteiger charge is 2.25. The first-order valence-corrected chi connectivity index (χ1v) is 19.4. The van der Waals surface area contributed by atoms with Crippen LogP contribution >= 0.6 is 11.6 Å². The van der Waals surface area contributed by atoms with E-state index in [9.17, 15) is 0 Å². The van der Waals surface area contributed by atoms with E-state index in [0.29, 0.717) is 24.2 Å². The van der Waals surface area contributed by atoms with Crippen molar-refractivity contribution < 1.29 is 9.47 Å². The normalized spacial score (nSPS) is 17.2. The fraction of sp³-hybridized carbons (Fsp3) is 0.395. The molecule has 52 heavy (non-hydrogen) atoms. The van der Waals surface area contributed by atoms with Crippen LogP contribution in [0.25, 0.3) is 22.1 Å². The Labute approximate surface area is 311 Å². The van der Waals surface area contributed by atoms with Crippen LogP contribution in [-0.4, -0.2) is 68.3 Å². The van der Waals surface area contributed by atoms with Crippen LogP contribution in [-0.2, 0) is 26.2 Å². The number of imidazole rings is 2. The maximum absolute atomic E-state index is 6.27. The Morgan fingerprint density at radius 1 is 0.673 bits per heavy atom. The lowest BCUT2D eigenvalue weighted by Crippen LogP contribution is -2.34. The van der Waals surface area contributed by atoms with Crippen LogP contribution in [0.2, 0.25) is 5.02 Å². The molecule has 2 fully saturated rings. The van der Waals surface area contributed by atoms with Gasteiger partial charge in [-0.3, -0.25) is 9.80 Å². The van der Waals surface area contributed by atoms with Crippen LogP contribution in [0.3, 0.4) is 0 Å². The third-order valence-corrected chi connectivity index (χ3v) is 11.1. The monoisotopic (exact) mass is 716 g/mol. The maximum atomic E-state index is 6.27. The number of nitrogens with zero attached hydrogens (tertiary/aromatic N) is 6. The number of likely N-dealkylation sites (tertiary alicyclic amines) is 2. The minimum atomic E-state index is 0.448. The number of halogens is 1. The lowest BCUT2D eigenvalue weighted by molar-refractivity contribution is 0.192. The van der Waals surface area contributed by atoms with Crippen molar-refractivity contribution in [1.29, 1.82) is 0 Å². The van der Waals surface area contributed by atoms with Gasteiger partial charge in [0.25, 0.3) is 0 Å². The number of aryl methyl sites for hydroxylation is 1. The van der Waals surface area contributed by atoms with Gasteiger partial charge in [-0.1, -0.05) is 54.4 Å². The second-order valence-corrected chi connectivity index (χ2v) is 14.9. The molecule has 1 atom stereocenters. The Balaban J connectivity index is 0.984. The van der Waals surface area contributed by atoms with Gasteiger partial charge in [0.1, 0.15) is 36.4 Å². The van der Waals surface area contributed by atoms with Crippen LogP contribution in [0.1, 0.15) is 60.8 Å². The maximum Gasteiger partial charge on any atom is 0.124 e. The third-order valence-electron chi connectivity index (χ3n) is 10.8. The van der Waals surface area contributed by atoms with Crippen molar-refractivity contribution >= 4 is 33.7 Å². The van der Waals surface area contributed by atoms with Crippen molar-refractivity contribution in [1.82, 2.24) is 28.9 Å². The van der Waals surface area contributed by atoms with Gasteiger partial charge in [0.2, 0.25) is 0 Å². The molecule has 0 amide bonds. The molecule has 2 saturated heterocycles. The molecule has 4 aromatic carbocycles. The number of rotatable bonds is 13. The lowest BCUT2D eigenvalue weighted by atomic mass is 9.90. The van der Waals surface area contributed by atoms with Gasteiger partial charge in [0.15, 0.2) is 0 Å². The first kappa shape index (κ1) is 34.7. The number of piperidine rings is 2. The van der Waals surface area contributed by atoms with E-state index in [4.69, 9.17) is 31.0 Å². The molecular weight excluding hydrogens is 668 g/mol. The van der Waals surface area contributed by atoms with Gasteiger partial charge >= 0.3 is 0 Å². The van der Waals surface area contributed by atoms with E-state index < -0.39 is 0 Å². The summed E-state index contributed by atoms with van der Waals surface area (Å²) in [5, 5.41) is 0.710. The second kappa shape index (κ2) is 16.1. The smallest absolute Gasteiger partial charge is 0.124 e. The van der Waals surface area contributed by atoms with Crippen molar-refractivity contribution in [2.24, 2.45) is 0 Å². The molecule has 8 rings (SSSR count). The number of aromatic nitrogens is 4. The van der Waals surface area contributed by atoms with Crippen molar-refractivity contribution in [3.8, 4) is 11.5 Å². The molecule has 2 aromatic heterocycles. The van der Waals surface area contributed by atoms with E-state index in [1.807, 2.05) is 30.3 Å². The van der Waals surface area contributed by atoms with Gasteiger partial charge in [-0.25, -0.2) is 9.97 Å². The number of fused-ring (bicyclic) bond motifs is 2. The van der Waals surface area contributed by atoms with Crippen molar-refractivity contribution in [3.63, 3.8) is 0 Å². The van der Waals surface area contributed by atoms with Crippen LogP contribution in [0.4, 0.5) is 0 Å². The topological polar surface area (TPSA) is 60.6 Å². The van der Waals surface area contributed by atoms with Crippen molar-refractivity contribution in [2.45, 2.75) is 71.1 Å². The predicted molar refractivity (Wildman–Crippen MR) is 209 cm³/mol. The average Bonchev–Trinajstić information content (AvgIpc) is 3.69. The van der Waals surface area contributed by atoms with Crippen LogP contribution in [0, 0.1) is 6.92 Å². The highest BCUT2D eigenvalue weighted by molar-refractivity contribution is 6.30. The molecule has 270 valence electrons. The van der Waals surface area contributed by atoms with E-state index >= 15 is 0 Å². The first-order chi connectivity index (χ1) is 25.6. The summed E-state index contributed by atoms with van der Waals surface area (Å²) in [5.41, 5.74) is 7.02. The van der Waals surface area contributed by atoms with Crippen LogP contribution < -0.4 is 9.47 Å². The summed E-state index contributed by atoms with van der Waals surface area (Å²) in [6, 6.07) is 31.3. The van der Waals surface area contributed by atoms with Crippen LogP contribution in [0.5, 0.6) is 11.5 Å². The number of hydrogen-bond acceptors (Lipinski definition) is 6. The van der Waals surface area contributed by atoms with E-state index in [0.717, 1.165) is 104 Å². The summed E-state index contributed by atoms with van der Waals surface area (Å²) in [7, 11) is 0. The largest absolute Gasteiger partial charge is 0.492 e. The second-order valence-electron chi connectivity index (χ2n) is 14.4. The first-order valence-electron chi connectivity index (χ1n) is 19.0. The molecule has 0 spiro atoms. The van der Waals surface area contributed by atoms with Gasteiger partial charge in [0.05, 0.1) is 48.2 Å². The van der Waals surface area contributed by atoms with Crippen molar-refractivity contribution in [2.75, 3.05) is 39.4 Å². The average molecular weight is 717 g/mol. The molecular formula is C43H49ClN6O2. The van der Waals surface area contributed by atoms with Crippen LogP contribution in [0.15, 0.2) is 91.0 Å². The molecule has 8 nitrogen and oxygen atoms in total. The Morgan fingerprint density at radius 3 is 2.15 bits per heavy atom. The summed E-state index contributed by atoms with van der Waals surface area (Å²) in [5.74, 6) is 4.46. The van der Waals surface area contributed by atoms with Gasteiger partial charge in [-0.2, -0.15) is 0 Å². The van der Waals surface area contributed by atoms with E-state index in [-0.39, 0.29) is 0 Å². The summed E-state index contributed by atoms with van der Waals surface area (Å²) >= 11 is 6.08. The molecule has 9 heteroatoms. The molecule has 0 aliphatic carbocycles. The Morgan fingerprint density at radius 2 is 1.35 bits per heavy atom. The number of para-hydroxylation sites is 3. The standard InChI is InChI=1S/C43H49ClN6O2/c1-32-10-3-6-14-41(32)52-27-25-50-40-20-15-33(28-38(40)46-42(50)30-47-21-7-2-8-22-47)34-11-9-23-48(29-34)31-43-45-37-12-4-5-13-39(37)49(43)24-26-51-36-18-16-35(44)17-19-36/h3-6,10,12-20,28,34H,2,7-9,11,21-27,29-31H2,1H3.